The van der Waals surface area contributed by atoms with Crippen LogP contribution in [0.1, 0.15) is 5.82 Å². The smallest absolute Gasteiger partial charge is 0.207 e. The molecule has 0 saturated carbocycles. The van der Waals surface area contributed by atoms with Crippen LogP contribution in [0.2, 0.25) is 0 Å². The minimum atomic E-state index is -3.62. The summed E-state index contributed by atoms with van der Waals surface area (Å²) >= 11 is 0. The van der Waals surface area contributed by atoms with Crippen LogP contribution >= 0.6 is 0 Å². The minimum absolute atomic E-state index is 0.248. The molecule has 114 valence electrons. The molecule has 0 bridgehead atoms. The summed E-state index contributed by atoms with van der Waals surface area (Å²) in [6.07, 6.45) is 3.26. The lowest BCUT2D eigenvalue weighted by atomic mass is 10.2. The Balaban J connectivity index is 1.97. The Morgan fingerprint density at radius 2 is 1.96 bits per heavy atom. The number of sulfone groups is 1. The van der Waals surface area contributed by atoms with Gasteiger partial charge in [-0.15, -0.1) is 0 Å². The molecule has 0 saturated heterocycles. The summed E-state index contributed by atoms with van der Waals surface area (Å²) in [5, 5.41) is 1.47. The summed E-state index contributed by atoms with van der Waals surface area (Å²) in [6.45, 7) is 1.84. The molecule has 0 spiro atoms. The first-order valence-corrected chi connectivity index (χ1v) is 8.58. The van der Waals surface area contributed by atoms with E-state index in [0.717, 1.165) is 16.7 Å². The molecule has 5 nitrogen and oxygen atoms in total. The third-order valence-electron chi connectivity index (χ3n) is 3.81. The van der Waals surface area contributed by atoms with Crippen LogP contribution < -0.4 is 0 Å². The number of aryl methyl sites for hydroxylation is 1. The average molecular weight is 323 g/mol. The largest absolute Gasteiger partial charge is 0.342 e. The van der Waals surface area contributed by atoms with E-state index >= 15 is 0 Å². The van der Waals surface area contributed by atoms with Crippen molar-refractivity contribution < 1.29 is 8.42 Å². The lowest BCUT2D eigenvalue weighted by Gasteiger charge is -2.08. The number of benzene rings is 2. The van der Waals surface area contributed by atoms with Crippen LogP contribution in [-0.2, 0) is 9.84 Å². The lowest BCUT2D eigenvalue weighted by molar-refractivity contribution is 0.597. The molecule has 0 unspecified atom stereocenters. The molecule has 2 aromatic carbocycles. The summed E-state index contributed by atoms with van der Waals surface area (Å²) in [5.74, 6) is 0.755. The third kappa shape index (κ3) is 2.19. The number of aromatic nitrogens is 3. The van der Waals surface area contributed by atoms with Crippen molar-refractivity contribution in [2.75, 3.05) is 0 Å². The third-order valence-corrected chi connectivity index (χ3v) is 5.62. The van der Waals surface area contributed by atoms with Crippen LogP contribution in [0.15, 0.2) is 64.6 Å². The molecule has 0 aliphatic carbocycles. The van der Waals surface area contributed by atoms with Crippen molar-refractivity contribution in [2.24, 2.45) is 0 Å². The quantitative estimate of drug-likeness (QED) is 0.614. The molecule has 4 rings (SSSR count). The summed E-state index contributed by atoms with van der Waals surface area (Å²) < 4.78 is 26.1. The summed E-state index contributed by atoms with van der Waals surface area (Å²) in [6, 6.07) is 11.9. The number of H-pyrrole nitrogens is 1. The second-order valence-corrected chi connectivity index (χ2v) is 7.28. The van der Waals surface area contributed by atoms with Crippen LogP contribution in [-0.4, -0.2) is 23.4 Å². The predicted molar refractivity (Wildman–Crippen MR) is 88.0 cm³/mol. The zero-order valence-electron chi connectivity index (χ0n) is 12.3. The number of fused-ring (bicyclic) bond motifs is 2. The maximum absolute atomic E-state index is 13.0. The van der Waals surface area contributed by atoms with Gasteiger partial charge in [-0.25, -0.2) is 13.4 Å². The zero-order chi connectivity index (χ0) is 16.0. The van der Waals surface area contributed by atoms with Crippen LogP contribution in [0.25, 0.3) is 21.8 Å². The topological polar surface area (TPSA) is 75.7 Å². The minimum Gasteiger partial charge on any atom is -0.342 e. The van der Waals surface area contributed by atoms with Crippen molar-refractivity contribution in [3.8, 4) is 0 Å². The molecular formula is C17H13N3O2S. The van der Waals surface area contributed by atoms with Crippen LogP contribution in [0, 0.1) is 6.92 Å². The first-order valence-electron chi connectivity index (χ1n) is 7.10. The molecule has 6 heteroatoms. The van der Waals surface area contributed by atoms with Crippen molar-refractivity contribution in [3.05, 3.63) is 60.7 Å². The van der Waals surface area contributed by atoms with E-state index in [-0.39, 0.29) is 9.79 Å². The molecule has 0 aliphatic heterocycles. The van der Waals surface area contributed by atoms with E-state index in [9.17, 15) is 8.42 Å². The maximum atomic E-state index is 13.0. The van der Waals surface area contributed by atoms with Gasteiger partial charge in [-0.3, -0.25) is 4.98 Å². The molecule has 0 fully saturated rings. The molecule has 2 aromatic heterocycles. The van der Waals surface area contributed by atoms with Gasteiger partial charge in [0.15, 0.2) is 0 Å². The van der Waals surface area contributed by atoms with Gasteiger partial charge < -0.3 is 4.98 Å². The lowest BCUT2D eigenvalue weighted by Crippen LogP contribution is -2.03. The fourth-order valence-electron chi connectivity index (χ4n) is 2.74. The van der Waals surface area contributed by atoms with Crippen molar-refractivity contribution in [2.45, 2.75) is 16.7 Å². The molecule has 1 N–H and O–H groups in total. The van der Waals surface area contributed by atoms with Crippen LogP contribution in [0.5, 0.6) is 0 Å². The molecular weight excluding hydrogens is 310 g/mol. The van der Waals surface area contributed by atoms with Gasteiger partial charge >= 0.3 is 0 Å². The second-order valence-electron chi connectivity index (χ2n) is 5.36. The Bertz CT molecular complexity index is 1140. The summed E-state index contributed by atoms with van der Waals surface area (Å²) in [7, 11) is -3.62. The molecule has 23 heavy (non-hydrogen) atoms. The standard InChI is InChI=1S/C17H13N3O2S/c1-11-19-15-6-5-13(9-16(15)20-11)23(21,22)17-4-2-3-12-10-18-8-7-14(12)17/h2-10H,1H3,(H,19,20). The van der Waals surface area contributed by atoms with Gasteiger partial charge in [0, 0.05) is 23.2 Å². The number of nitrogens with one attached hydrogen (secondary N) is 1. The van der Waals surface area contributed by atoms with E-state index in [0.29, 0.717) is 10.9 Å². The summed E-state index contributed by atoms with van der Waals surface area (Å²) in [5.41, 5.74) is 1.47. The van der Waals surface area contributed by atoms with Crippen molar-refractivity contribution in [3.63, 3.8) is 0 Å². The number of hydrogen-bond acceptors (Lipinski definition) is 4. The van der Waals surface area contributed by atoms with Gasteiger partial charge in [0.2, 0.25) is 9.84 Å². The molecule has 4 aromatic rings. The fraction of sp³-hybridized carbons (Fsp3) is 0.0588. The van der Waals surface area contributed by atoms with E-state index < -0.39 is 9.84 Å². The van der Waals surface area contributed by atoms with E-state index in [1.54, 1.807) is 48.8 Å². The van der Waals surface area contributed by atoms with Gasteiger partial charge in [-0.05, 0) is 37.3 Å². The van der Waals surface area contributed by atoms with Gasteiger partial charge in [0.1, 0.15) is 5.82 Å². The highest BCUT2D eigenvalue weighted by molar-refractivity contribution is 7.91. The fourth-order valence-corrected chi connectivity index (χ4v) is 4.24. The van der Waals surface area contributed by atoms with Gasteiger partial charge in [0.25, 0.3) is 0 Å². The van der Waals surface area contributed by atoms with Crippen molar-refractivity contribution >= 4 is 31.6 Å². The van der Waals surface area contributed by atoms with Crippen LogP contribution in [0.4, 0.5) is 0 Å². The highest BCUT2D eigenvalue weighted by Gasteiger charge is 2.21. The Kier molecular flexibility index (Phi) is 2.96. The highest BCUT2D eigenvalue weighted by atomic mass is 32.2. The van der Waals surface area contributed by atoms with E-state index in [4.69, 9.17) is 0 Å². The van der Waals surface area contributed by atoms with Gasteiger partial charge in [0.05, 0.1) is 20.8 Å². The van der Waals surface area contributed by atoms with Crippen molar-refractivity contribution in [1.29, 1.82) is 0 Å². The highest BCUT2D eigenvalue weighted by Crippen LogP contribution is 2.29. The maximum Gasteiger partial charge on any atom is 0.207 e. The normalized spacial score (nSPS) is 12.0. The van der Waals surface area contributed by atoms with E-state index in [1.807, 2.05) is 13.0 Å². The van der Waals surface area contributed by atoms with Gasteiger partial charge in [-0.2, -0.15) is 0 Å². The molecule has 0 radical (unpaired) electrons. The number of nitrogens with zero attached hydrogens (tertiary/aromatic N) is 2. The number of hydrogen-bond donors (Lipinski definition) is 1. The molecule has 2 heterocycles. The van der Waals surface area contributed by atoms with E-state index in [2.05, 4.69) is 15.0 Å². The van der Waals surface area contributed by atoms with Crippen molar-refractivity contribution in [1.82, 2.24) is 15.0 Å². The first-order chi connectivity index (χ1) is 11.1. The Hall–Kier alpha value is -2.73. The molecule has 0 aliphatic rings. The average Bonchev–Trinajstić information content (AvgIpc) is 2.93. The SMILES string of the molecule is Cc1nc2ccc(S(=O)(=O)c3cccc4cnccc34)cc2[nH]1. The van der Waals surface area contributed by atoms with E-state index in [1.165, 1.54) is 0 Å². The first kappa shape index (κ1) is 13.9. The molecule has 0 atom stereocenters. The zero-order valence-corrected chi connectivity index (χ0v) is 13.1. The predicted octanol–water partition coefficient (Wildman–Crippen LogP) is 3.25. The number of aromatic amines is 1. The monoisotopic (exact) mass is 323 g/mol. The molecule has 0 amide bonds. The Morgan fingerprint density at radius 3 is 2.83 bits per heavy atom. The second kappa shape index (κ2) is 4.89. The Labute approximate surface area is 132 Å². The Morgan fingerprint density at radius 1 is 1.09 bits per heavy atom. The van der Waals surface area contributed by atoms with Crippen LogP contribution in [0.3, 0.4) is 0 Å². The van der Waals surface area contributed by atoms with Gasteiger partial charge in [-0.1, -0.05) is 12.1 Å². The summed E-state index contributed by atoms with van der Waals surface area (Å²) in [4.78, 5) is 12.0. The number of rotatable bonds is 2. The number of pyridine rings is 1. The number of imidazole rings is 1.